The Bertz CT molecular complexity index is 1360. The molecular weight excluding hydrogens is 466 g/mol. The van der Waals surface area contributed by atoms with Crippen LogP contribution in [0.25, 0.3) is 16.9 Å². The summed E-state index contributed by atoms with van der Waals surface area (Å²) in [5, 5.41) is 10.5. The number of fused-ring (bicyclic) bond motifs is 1. The standard InChI is InChI=1S/C28H33N7O2/c1-33(2)18-20-17-25-27(34-15-5-4-6-16-34)31-26(32-35(25)19-20)21-7-9-22(10-8-21)29-28(36)30-23-11-13-24(37-3)14-12-23/h7-14,17,19H,4-6,15-16,18H2,1-3H3,(H2,29,30,36). The Balaban J connectivity index is 1.36. The molecule has 5 rings (SSSR count). The van der Waals surface area contributed by atoms with E-state index < -0.39 is 0 Å². The molecule has 4 aromatic rings. The Hall–Kier alpha value is -4.11. The number of nitrogens with one attached hydrogen (secondary N) is 2. The van der Waals surface area contributed by atoms with Gasteiger partial charge in [0.1, 0.15) is 11.3 Å². The van der Waals surface area contributed by atoms with Crippen molar-refractivity contribution in [2.24, 2.45) is 0 Å². The average molecular weight is 500 g/mol. The molecule has 2 aromatic carbocycles. The Labute approximate surface area is 217 Å². The minimum absolute atomic E-state index is 0.316. The van der Waals surface area contributed by atoms with E-state index in [1.165, 1.54) is 24.8 Å². The molecule has 1 aliphatic heterocycles. The summed E-state index contributed by atoms with van der Waals surface area (Å²) in [6, 6.07) is 16.7. The first-order valence-electron chi connectivity index (χ1n) is 12.6. The van der Waals surface area contributed by atoms with Crippen LogP contribution in [-0.4, -0.2) is 59.8 Å². The molecule has 0 radical (unpaired) electrons. The van der Waals surface area contributed by atoms with Crippen LogP contribution in [0.5, 0.6) is 5.75 Å². The Morgan fingerprint density at radius 2 is 1.62 bits per heavy atom. The summed E-state index contributed by atoms with van der Waals surface area (Å²) in [6.45, 7) is 2.86. The van der Waals surface area contributed by atoms with Crippen LogP contribution in [0.2, 0.25) is 0 Å². The second-order valence-electron chi connectivity index (χ2n) is 9.61. The molecule has 2 amide bonds. The first-order valence-corrected chi connectivity index (χ1v) is 12.6. The van der Waals surface area contributed by atoms with Crippen molar-refractivity contribution in [2.75, 3.05) is 49.8 Å². The Morgan fingerprint density at radius 1 is 0.973 bits per heavy atom. The molecule has 0 atom stereocenters. The maximum absolute atomic E-state index is 12.4. The first-order chi connectivity index (χ1) is 18.0. The number of carbonyl (C=O) groups excluding carboxylic acids is 1. The summed E-state index contributed by atoms with van der Waals surface area (Å²) in [7, 11) is 5.74. The average Bonchev–Trinajstić information content (AvgIpc) is 3.31. The molecule has 9 heteroatoms. The number of nitrogens with zero attached hydrogens (tertiary/aromatic N) is 5. The molecular formula is C28H33N7O2. The Morgan fingerprint density at radius 3 is 2.24 bits per heavy atom. The number of rotatable bonds is 7. The summed E-state index contributed by atoms with van der Waals surface area (Å²) in [5.41, 5.74) is 4.50. The van der Waals surface area contributed by atoms with E-state index in [-0.39, 0.29) is 6.03 Å². The van der Waals surface area contributed by atoms with Crippen LogP contribution in [-0.2, 0) is 6.54 Å². The lowest BCUT2D eigenvalue weighted by Gasteiger charge is -2.28. The van der Waals surface area contributed by atoms with Crippen LogP contribution < -0.4 is 20.3 Å². The van der Waals surface area contributed by atoms with E-state index in [2.05, 4.69) is 46.8 Å². The summed E-state index contributed by atoms with van der Waals surface area (Å²) in [4.78, 5) is 22.0. The minimum Gasteiger partial charge on any atom is -0.497 e. The predicted octanol–water partition coefficient (Wildman–Crippen LogP) is 5.10. The molecule has 2 aromatic heterocycles. The van der Waals surface area contributed by atoms with Crippen LogP contribution in [0.4, 0.5) is 22.0 Å². The lowest BCUT2D eigenvalue weighted by Crippen LogP contribution is -2.30. The highest BCUT2D eigenvalue weighted by Gasteiger charge is 2.19. The zero-order chi connectivity index (χ0) is 25.8. The molecule has 0 bridgehead atoms. The van der Waals surface area contributed by atoms with Crippen LogP contribution in [0.3, 0.4) is 0 Å². The van der Waals surface area contributed by atoms with Gasteiger partial charge in [-0.3, -0.25) is 0 Å². The molecule has 0 saturated carbocycles. The van der Waals surface area contributed by atoms with Gasteiger partial charge in [-0.1, -0.05) is 0 Å². The molecule has 0 unspecified atom stereocenters. The number of urea groups is 1. The predicted molar refractivity (Wildman–Crippen MR) is 148 cm³/mol. The number of hydrogen-bond donors (Lipinski definition) is 2. The quantitative estimate of drug-likeness (QED) is 0.368. The van der Waals surface area contributed by atoms with Crippen molar-refractivity contribution in [3.8, 4) is 17.1 Å². The van der Waals surface area contributed by atoms with Gasteiger partial charge in [0.2, 0.25) is 0 Å². The SMILES string of the molecule is COc1ccc(NC(=O)Nc2ccc(-c3nc(N4CCCCC4)c4cc(CN(C)C)cn4n3)cc2)cc1. The van der Waals surface area contributed by atoms with Gasteiger partial charge in [0.05, 0.1) is 7.11 Å². The molecule has 2 N–H and O–H groups in total. The topological polar surface area (TPSA) is 87.0 Å². The van der Waals surface area contributed by atoms with E-state index in [1.807, 2.05) is 28.8 Å². The van der Waals surface area contributed by atoms with Crippen molar-refractivity contribution in [3.63, 3.8) is 0 Å². The number of benzene rings is 2. The highest BCUT2D eigenvalue weighted by Crippen LogP contribution is 2.28. The fourth-order valence-electron chi connectivity index (χ4n) is 4.62. The Kier molecular flexibility index (Phi) is 7.23. The third-order valence-electron chi connectivity index (χ3n) is 6.40. The van der Waals surface area contributed by atoms with Crippen LogP contribution in [0, 0.1) is 0 Å². The van der Waals surface area contributed by atoms with E-state index in [4.69, 9.17) is 14.8 Å². The smallest absolute Gasteiger partial charge is 0.323 e. The first kappa shape index (κ1) is 24.6. The van der Waals surface area contributed by atoms with Crippen LogP contribution in [0.15, 0.2) is 60.8 Å². The second kappa shape index (κ2) is 10.9. The molecule has 37 heavy (non-hydrogen) atoms. The van der Waals surface area contributed by atoms with Crippen LogP contribution >= 0.6 is 0 Å². The van der Waals surface area contributed by atoms with E-state index >= 15 is 0 Å². The second-order valence-corrected chi connectivity index (χ2v) is 9.61. The summed E-state index contributed by atoms with van der Waals surface area (Å²) in [5.74, 6) is 2.38. The molecule has 9 nitrogen and oxygen atoms in total. The van der Waals surface area contributed by atoms with Crippen molar-refractivity contribution < 1.29 is 9.53 Å². The molecule has 1 aliphatic rings. The normalized spacial score (nSPS) is 13.7. The monoisotopic (exact) mass is 499 g/mol. The van der Waals surface area contributed by atoms with Gasteiger partial charge in [0.15, 0.2) is 11.6 Å². The molecule has 0 aliphatic carbocycles. The number of aromatic nitrogens is 3. The van der Waals surface area contributed by atoms with Gasteiger partial charge in [0, 0.05) is 42.8 Å². The van der Waals surface area contributed by atoms with Gasteiger partial charge >= 0.3 is 6.03 Å². The maximum Gasteiger partial charge on any atom is 0.323 e. The number of anilines is 3. The molecule has 0 spiro atoms. The maximum atomic E-state index is 12.4. The number of methoxy groups -OCH3 is 1. The summed E-state index contributed by atoms with van der Waals surface area (Å²) in [6.07, 6.45) is 5.71. The number of hydrogen-bond acceptors (Lipinski definition) is 6. The van der Waals surface area contributed by atoms with Crippen LogP contribution in [0.1, 0.15) is 24.8 Å². The van der Waals surface area contributed by atoms with Crippen molar-refractivity contribution >= 4 is 28.7 Å². The van der Waals surface area contributed by atoms with Crippen molar-refractivity contribution in [3.05, 3.63) is 66.4 Å². The lowest BCUT2D eigenvalue weighted by molar-refractivity contribution is 0.262. The zero-order valence-corrected chi connectivity index (χ0v) is 21.6. The molecule has 192 valence electrons. The van der Waals surface area contributed by atoms with Gasteiger partial charge in [-0.25, -0.2) is 14.3 Å². The minimum atomic E-state index is -0.316. The van der Waals surface area contributed by atoms with Crippen molar-refractivity contribution in [2.45, 2.75) is 25.8 Å². The largest absolute Gasteiger partial charge is 0.497 e. The van der Waals surface area contributed by atoms with E-state index in [0.717, 1.165) is 42.3 Å². The van der Waals surface area contributed by atoms with Gasteiger partial charge in [-0.15, -0.1) is 5.10 Å². The third kappa shape index (κ3) is 5.83. The number of piperidine rings is 1. The number of carbonyl (C=O) groups is 1. The molecule has 1 saturated heterocycles. The summed E-state index contributed by atoms with van der Waals surface area (Å²) < 4.78 is 7.11. The molecule has 3 heterocycles. The summed E-state index contributed by atoms with van der Waals surface area (Å²) >= 11 is 0. The third-order valence-corrected chi connectivity index (χ3v) is 6.40. The van der Waals surface area contributed by atoms with Crippen molar-refractivity contribution in [1.82, 2.24) is 19.5 Å². The fourth-order valence-corrected chi connectivity index (χ4v) is 4.62. The van der Waals surface area contributed by atoms with Gasteiger partial charge in [0.25, 0.3) is 0 Å². The van der Waals surface area contributed by atoms with E-state index in [1.54, 1.807) is 31.4 Å². The highest BCUT2D eigenvalue weighted by molar-refractivity contribution is 5.99. The lowest BCUT2D eigenvalue weighted by atomic mass is 10.1. The highest BCUT2D eigenvalue weighted by atomic mass is 16.5. The van der Waals surface area contributed by atoms with E-state index in [9.17, 15) is 4.79 Å². The van der Waals surface area contributed by atoms with Gasteiger partial charge in [-0.05, 0) is 93.5 Å². The fraction of sp³-hybridized carbons (Fsp3) is 0.321. The number of ether oxygens (including phenoxy) is 1. The zero-order valence-electron chi connectivity index (χ0n) is 21.6. The van der Waals surface area contributed by atoms with Gasteiger partial charge in [-0.2, -0.15) is 0 Å². The molecule has 1 fully saturated rings. The number of amides is 2. The van der Waals surface area contributed by atoms with Crippen molar-refractivity contribution in [1.29, 1.82) is 0 Å². The van der Waals surface area contributed by atoms with E-state index in [0.29, 0.717) is 17.2 Å². The van der Waals surface area contributed by atoms with Gasteiger partial charge < -0.3 is 25.2 Å².